The second-order valence-corrected chi connectivity index (χ2v) is 17.4. The number of rotatable bonds is 13. The number of piperazine rings is 1. The fourth-order valence-corrected chi connectivity index (χ4v) is 8.76. The number of nitrogens with one attached hydrogen (secondary N) is 1. The number of pyridine rings is 1. The second-order valence-electron chi connectivity index (χ2n) is 16.4. The topological polar surface area (TPSA) is 126 Å². The van der Waals surface area contributed by atoms with Gasteiger partial charge in [-0.2, -0.15) is 13.2 Å². The van der Waals surface area contributed by atoms with E-state index in [2.05, 4.69) is 10.3 Å². The molecular weight excluding hydrogens is 822 g/mol. The van der Waals surface area contributed by atoms with Crippen molar-refractivity contribution in [3.8, 4) is 16.9 Å². The van der Waals surface area contributed by atoms with Crippen molar-refractivity contribution in [3.63, 3.8) is 0 Å². The van der Waals surface area contributed by atoms with Crippen molar-refractivity contribution in [1.29, 1.82) is 0 Å². The highest BCUT2D eigenvalue weighted by Gasteiger charge is 2.46. The summed E-state index contributed by atoms with van der Waals surface area (Å²) >= 11 is 1.41. The number of anilines is 2. The molecule has 0 aliphatic carbocycles. The van der Waals surface area contributed by atoms with Gasteiger partial charge in [0.1, 0.15) is 23.2 Å². The lowest BCUT2D eigenvalue weighted by molar-refractivity contribution is -0.198. The summed E-state index contributed by atoms with van der Waals surface area (Å²) < 4.78 is 60.3. The Labute approximate surface area is 363 Å². The number of hydrogen-bond donors (Lipinski definition) is 1. The van der Waals surface area contributed by atoms with Gasteiger partial charge in [-0.1, -0.05) is 47.7 Å². The summed E-state index contributed by atoms with van der Waals surface area (Å²) in [5.74, 6) is -0.322. The first-order valence-electron chi connectivity index (χ1n) is 20.8. The summed E-state index contributed by atoms with van der Waals surface area (Å²) in [6, 6.07) is 20.9. The van der Waals surface area contributed by atoms with Crippen LogP contribution in [0.5, 0.6) is 5.75 Å². The minimum atomic E-state index is -4.47. The Morgan fingerprint density at radius 2 is 1.71 bits per heavy atom. The molecule has 62 heavy (non-hydrogen) atoms. The maximum Gasteiger partial charge on any atom is 0.405 e. The number of thiazole rings is 1. The lowest BCUT2D eigenvalue weighted by atomic mass is 9.94. The quantitative estimate of drug-likeness (QED) is 0.0907. The van der Waals surface area contributed by atoms with Crippen LogP contribution in [-0.4, -0.2) is 108 Å². The van der Waals surface area contributed by atoms with Crippen LogP contribution in [0.4, 0.5) is 24.1 Å². The zero-order valence-corrected chi connectivity index (χ0v) is 36.3. The summed E-state index contributed by atoms with van der Waals surface area (Å²) in [7, 11) is 0. The number of alkyl halides is 3. The van der Waals surface area contributed by atoms with Crippen LogP contribution in [0, 0.1) is 6.92 Å². The molecule has 12 nitrogen and oxygen atoms in total. The average Bonchev–Trinajstić information content (AvgIpc) is 3.64. The third kappa shape index (κ3) is 10.5. The molecule has 0 saturated carbocycles. The summed E-state index contributed by atoms with van der Waals surface area (Å²) in [5.41, 5.74) is 4.54. The molecule has 0 spiro atoms. The van der Waals surface area contributed by atoms with Gasteiger partial charge < -0.3 is 19.1 Å². The van der Waals surface area contributed by atoms with E-state index in [4.69, 9.17) is 19.2 Å². The molecule has 2 aliphatic heterocycles. The highest BCUT2D eigenvalue weighted by atomic mass is 32.1. The van der Waals surface area contributed by atoms with E-state index in [1.807, 2.05) is 72.5 Å². The predicted molar refractivity (Wildman–Crippen MR) is 233 cm³/mol. The molecule has 3 aromatic carbocycles. The van der Waals surface area contributed by atoms with E-state index in [1.165, 1.54) is 21.1 Å². The maximum absolute atomic E-state index is 14.1. The van der Waals surface area contributed by atoms with Crippen LogP contribution in [0.25, 0.3) is 21.3 Å². The summed E-state index contributed by atoms with van der Waals surface area (Å²) in [5, 5.41) is 3.50. The molecule has 2 aliphatic rings. The van der Waals surface area contributed by atoms with Crippen LogP contribution >= 0.6 is 11.3 Å². The van der Waals surface area contributed by atoms with Gasteiger partial charge in [0, 0.05) is 50.4 Å². The van der Waals surface area contributed by atoms with Gasteiger partial charge in [0.25, 0.3) is 5.91 Å². The van der Waals surface area contributed by atoms with Crippen molar-refractivity contribution in [1.82, 2.24) is 19.8 Å². The molecule has 1 fully saturated rings. The largest absolute Gasteiger partial charge is 0.493 e. The van der Waals surface area contributed by atoms with E-state index >= 15 is 0 Å². The standard InChI is InChI=1S/C46H51F3N6O6S/c1-6-59-40(56)28-53-23-24-54(38(27-53)46(47,48)49)21-11-25-60-36-16-10-13-31(29(36)2)32-18-19-39(51-41(32)43(58)61-45(3,4)5)55-22-20-30-12-9-14-33(34(30)26-55)42(57)52-44-50-35-15-7-8-17-37(35)62-44/h7-10,12-19,38H,6,11,20-28H2,1-5H3,(H,50,52,57). The fraction of sp³-hybridized carbons (Fsp3) is 0.413. The fourth-order valence-electron chi connectivity index (χ4n) is 7.90. The molecule has 0 radical (unpaired) electrons. The molecule has 1 saturated heterocycles. The maximum atomic E-state index is 14.1. The van der Waals surface area contributed by atoms with E-state index in [0.29, 0.717) is 65.9 Å². The van der Waals surface area contributed by atoms with Crippen molar-refractivity contribution in [3.05, 3.63) is 101 Å². The summed E-state index contributed by atoms with van der Waals surface area (Å²) in [4.78, 5) is 54.0. The van der Waals surface area contributed by atoms with Crippen LogP contribution < -0.4 is 15.0 Å². The highest BCUT2D eigenvalue weighted by molar-refractivity contribution is 7.22. The first kappa shape index (κ1) is 44.5. The lowest BCUT2D eigenvalue weighted by Crippen LogP contribution is -2.59. The number of halogens is 3. The number of esters is 2. The molecule has 1 amide bonds. The molecular formula is C46H51F3N6O6S. The Balaban J connectivity index is 1.07. The number of benzene rings is 3. The molecule has 7 rings (SSSR count). The predicted octanol–water partition coefficient (Wildman–Crippen LogP) is 8.32. The summed E-state index contributed by atoms with van der Waals surface area (Å²) in [6.45, 7) is 10.3. The third-order valence-corrected chi connectivity index (χ3v) is 11.8. The van der Waals surface area contributed by atoms with E-state index in [-0.39, 0.29) is 51.0 Å². The average molecular weight is 873 g/mol. The molecule has 328 valence electrons. The van der Waals surface area contributed by atoms with Gasteiger partial charge in [0.05, 0.1) is 30.0 Å². The van der Waals surface area contributed by atoms with Crippen LogP contribution in [0.1, 0.15) is 71.7 Å². The van der Waals surface area contributed by atoms with Gasteiger partial charge in [0.2, 0.25) is 0 Å². The molecule has 1 N–H and O–H groups in total. The van der Waals surface area contributed by atoms with E-state index < -0.39 is 29.8 Å². The molecule has 2 aromatic heterocycles. The van der Waals surface area contributed by atoms with Crippen molar-refractivity contribution in [2.75, 3.05) is 62.7 Å². The van der Waals surface area contributed by atoms with Crippen LogP contribution in [0.15, 0.2) is 72.8 Å². The van der Waals surface area contributed by atoms with Gasteiger partial charge in [-0.25, -0.2) is 14.8 Å². The number of hydrogen-bond acceptors (Lipinski definition) is 12. The van der Waals surface area contributed by atoms with Gasteiger partial charge >= 0.3 is 18.1 Å². The number of nitrogens with zero attached hydrogens (tertiary/aromatic N) is 5. The smallest absolute Gasteiger partial charge is 0.405 e. The molecule has 1 unspecified atom stereocenters. The number of fused-ring (bicyclic) bond motifs is 2. The Kier molecular flexibility index (Phi) is 13.5. The summed E-state index contributed by atoms with van der Waals surface area (Å²) in [6.07, 6.45) is -3.48. The Morgan fingerprint density at radius 1 is 0.919 bits per heavy atom. The number of aromatic nitrogens is 2. The van der Waals surface area contributed by atoms with Crippen LogP contribution in [0.3, 0.4) is 0 Å². The number of amides is 1. The second kappa shape index (κ2) is 18.8. The van der Waals surface area contributed by atoms with Crippen molar-refractivity contribution in [2.24, 2.45) is 0 Å². The third-order valence-electron chi connectivity index (χ3n) is 10.9. The van der Waals surface area contributed by atoms with E-state index in [1.54, 1.807) is 39.8 Å². The first-order valence-corrected chi connectivity index (χ1v) is 21.6. The Morgan fingerprint density at radius 3 is 2.47 bits per heavy atom. The zero-order valence-electron chi connectivity index (χ0n) is 35.5. The highest BCUT2D eigenvalue weighted by Crippen LogP contribution is 2.36. The lowest BCUT2D eigenvalue weighted by Gasteiger charge is -2.41. The zero-order chi connectivity index (χ0) is 44.2. The van der Waals surface area contributed by atoms with Gasteiger partial charge in [-0.05, 0) is 106 Å². The van der Waals surface area contributed by atoms with Gasteiger partial charge in [0.15, 0.2) is 10.8 Å². The minimum Gasteiger partial charge on any atom is -0.493 e. The van der Waals surface area contributed by atoms with Crippen LogP contribution in [-0.2, 0) is 27.2 Å². The van der Waals surface area contributed by atoms with Crippen molar-refractivity contribution >= 4 is 50.3 Å². The normalized spacial score (nSPS) is 16.2. The van der Waals surface area contributed by atoms with Crippen LogP contribution in [0.2, 0.25) is 0 Å². The van der Waals surface area contributed by atoms with Gasteiger partial charge in [-0.15, -0.1) is 0 Å². The Hall–Kier alpha value is -5.58. The van der Waals surface area contributed by atoms with E-state index in [0.717, 1.165) is 26.9 Å². The van der Waals surface area contributed by atoms with Crippen molar-refractivity contribution in [2.45, 2.75) is 71.8 Å². The van der Waals surface area contributed by atoms with E-state index in [9.17, 15) is 27.6 Å². The number of ether oxygens (including phenoxy) is 3. The number of carbonyl (C=O) groups is 3. The minimum absolute atomic E-state index is 0.116. The number of carbonyl (C=O) groups excluding carboxylic acids is 3. The molecule has 4 heterocycles. The van der Waals surface area contributed by atoms with Crippen molar-refractivity contribution < 1.29 is 41.8 Å². The SMILES string of the molecule is CCOC(=O)CN1CCN(CCCOc2cccc(-c3ccc(N4CCc5cccc(C(=O)Nc6nc7ccccc7s6)c5C4)nc3C(=O)OC(C)(C)C)c2C)C(C(F)(F)F)C1. The monoisotopic (exact) mass is 872 g/mol. The molecule has 0 bridgehead atoms. The molecule has 16 heteroatoms. The number of para-hydroxylation sites is 1. The first-order chi connectivity index (χ1) is 29.6. The molecule has 1 atom stereocenters. The Bertz CT molecular complexity index is 2400. The van der Waals surface area contributed by atoms with Gasteiger partial charge in [-0.3, -0.25) is 24.7 Å². The molecule has 5 aromatic rings.